The Balaban J connectivity index is 1.94. The molecule has 2 rings (SSSR count). The SMILES string of the molecule is CC(=O)c1sc(NCC2CCCO2)cc1N. The van der Waals surface area contributed by atoms with E-state index in [1.165, 1.54) is 18.3 Å². The molecule has 2 heterocycles. The van der Waals surface area contributed by atoms with Gasteiger partial charge in [0.1, 0.15) is 0 Å². The molecule has 1 unspecified atom stereocenters. The average molecular weight is 240 g/mol. The molecule has 4 nitrogen and oxygen atoms in total. The Morgan fingerprint density at radius 1 is 1.75 bits per heavy atom. The number of nitrogens with one attached hydrogen (secondary N) is 1. The van der Waals surface area contributed by atoms with Gasteiger partial charge in [0.25, 0.3) is 0 Å². The number of hydrogen-bond donors (Lipinski definition) is 2. The van der Waals surface area contributed by atoms with Crippen LogP contribution in [0.25, 0.3) is 0 Å². The summed E-state index contributed by atoms with van der Waals surface area (Å²) in [5.41, 5.74) is 6.31. The van der Waals surface area contributed by atoms with Gasteiger partial charge in [-0.15, -0.1) is 11.3 Å². The molecule has 1 atom stereocenters. The first-order valence-corrected chi connectivity index (χ1v) is 6.24. The highest BCUT2D eigenvalue weighted by Gasteiger charge is 2.16. The van der Waals surface area contributed by atoms with Crippen molar-refractivity contribution < 1.29 is 9.53 Å². The summed E-state index contributed by atoms with van der Waals surface area (Å²) in [4.78, 5) is 11.9. The second kappa shape index (κ2) is 4.84. The Labute approximate surface area is 98.8 Å². The van der Waals surface area contributed by atoms with Crippen molar-refractivity contribution >= 4 is 27.8 Å². The zero-order chi connectivity index (χ0) is 11.5. The Morgan fingerprint density at radius 3 is 3.12 bits per heavy atom. The van der Waals surface area contributed by atoms with Gasteiger partial charge in [-0.05, 0) is 18.9 Å². The summed E-state index contributed by atoms with van der Waals surface area (Å²) in [6.07, 6.45) is 2.54. The molecule has 1 fully saturated rings. The molecule has 1 aromatic heterocycles. The Kier molecular flexibility index (Phi) is 3.46. The maximum Gasteiger partial charge on any atom is 0.171 e. The molecular formula is C11H16N2O2S. The van der Waals surface area contributed by atoms with Crippen LogP contribution in [0.4, 0.5) is 10.7 Å². The van der Waals surface area contributed by atoms with E-state index in [2.05, 4.69) is 5.32 Å². The standard InChI is InChI=1S/C11H16N2O2S/c1-7(14)11-9(12)5-10(16-11)13-6-8-3-2-4-15-8/h5,8,13H,2-4,6,12H2,1H3. The number of nitrogen functional groups attached to an aromatic ring is 1. The zero-order valence-electron chi connectivity index (χ0n) is 9.29. The number of carbonyl (C=O) groups is 1. The van der Waals surface area contributed by atoms with E-state index in [1.54, 1.807) is 0 Å². The minimum absolute atomic E-state index is 0.0210. The molecule has 1 aliphatic heterocycles. The lowest BCUT2D eigenvalue weighted by Crippen LogP contribution is -2.17. The monoisotopic (exact) mass is 240 g/mol. The summed E-state index contributed by atoms with van der Waals surface area (Å²) in [7, 11) is 0. The van der Waals surface area contributed by atoms with Crippen molar-refractivity contribution in [2.24, 2.45) is 0 Å². The number of nitrogens with two attached hydrogens (primary N) is 1. The van der Waals surface area contributed by atoms with Crippen LogP contribution in [0.5, 0.6) is 0 Å². The van der Waals surface area contributed by atoms with Gasteiger partial charge in [0.2, 0.25) is 0 Å². The van der Waals surface area contributed by atoms with E-state index in [1.807, 2.05) is 6.07 Å². The van der Waals surface area contributed by atoms with Gasteiger partial charge in [-0.3, -0.25) is 4.79 Å². The van der Waals surface area contributed by atoms with Crippen LogP contribution >= 0.6 is 11.3 Å². The Bertz CT molecular complexity index is 383. The molecule has 16 heavy (non-hydrogen) atoms. The molecule has 1 aliphatic rings. The predicted octanol–water partition coefficient (Wildman–Crippen LogP) is 2.12. The van der Waals surface area contributed by atoms with Crippen LogP contribution in [0.2, 0.25) is 0 Å². The molecule has 0 bridgehead atoms. The molecule has 0 spiro atoms. The maximum absolute atomic E-state index is 11.2. The summed E-state index contributed by atoms with van der Waals surface area (Å²) in [6.45, 7) is 3.18. The summed E-state index contributed by atoms with van der Waals surface area (Å²) < 4.78 is 5.50. The summed E-state index contributed by atoms with van der Waals surface area (Å²) in [5, 5.41) is 4.21. The first-order valence-electron chi connectivity index (χ1n) is 5.42. The van der Waals surface area contributed by atoms with E-state index in [0.29, 0.717) is 16.7 Å². The van der Waals surface area contributed by atoms with Gasteiger partial charge in [0.05, 0.1) is 21.7 Å². The minimum Gasteiger partial charge on any atom is -0.397 e. The number of anilines is 2. The van der Waals surface area contributed by atoms with Gasteiger partial charge in [-0.25, -0.2) is 0 Å². The summed E-state index contributed by atoms with van der Waals surface area (Å²) in [6, 6.07) is 1.82. The van der Waals surface area contributed by atoms with Crippen LogP contribution in [0.15, 0.2) is 6.07 Å². The molecular weight excluding hydrogens is 224 g/mol. The van der Waals surface area contributed by atoms with E-state index in [4.69, 9.17) is 10.5 Å². The van der Waals surface area contributed by atoms with Crippen molar-refractivity contribution in [1.29, 1.82) is 0 Å². The van der Waals surface area contributed by atoms with Crippen molar-refractivity contribution in [2.75, 3.05) is 24.2 Å². The van der Waals surface area contributed by atoms with E-state index in [9.17, 15) is 4.79 Å². The predicted molar refractivity (Wildman–Crippen MR) is 66.2 cm³/mol. The first kappa shape index (κ1) is 11.4. The highest BCUT2D eigenvalue weighted by molar-refractivity contribution is 7.18. The van der Waals surface area contributed by atoms with Gasteiger partial charge >= 0.3 is 0 Å². The average Bonchev–Trinajstić information content (AvgIpc) is 2.83. The van der Waals surface area contributed by atoms with E-state index in [-0.39, 0.29) is 5.78 Å². The number of carbonyl (C=O) groups excluding carboxylic acids is 1. The van der Waals surface area contributed by atoms with Gasteiger partial charge < -0.3 is 15.8 Å². The molecule has 1 saturated heterocycles. The van der Waals surface area contributed by atoms with Crippen molar-refractivity contribution in [1.82, 2.24) is 0 Å². The first-order chi connectivity index (χ1) is 7.66. The smallest absolute Gasteiger partial charge is 0.171 e. The molecule has 3 N–H and O–H groups in total. The fourth-order valence-corrected chi connectivity index (χ4v) is 2.67. The highest BCUT2D eigenvalue weighted by atomic mass is 32.1. The van der Waals surface area contributed by atoms with Gasteiger partial charge in [-0.2, -0.15) is 0 Å². The fourth-order valence-electron chi connectivity index (χ4n) is 1.79. The molecule has 5 heteroatoms. The molecule has 88 valence electrons. The second-order valence-electron chi connectivity index (χ2n) is 3.97. The lowest BCUT2D eigenvalue weighted by molar-refractivity contribution is 0.102. The third-order valence-electron chi connectivity index (χ3n) is 2.61. The lowest BCUT2D eigenvalue weighted by atomic mass is 10.2. The molecule has 1 aromatic rings. The molecule has 0 saturated carbocycles. The number of thiophene rings is 1. The van der Waals surface area contributed by atoms with E-state index < -0.39 is 0 Å². The van der Waals surface area contributed by atoms with Gasteiger partial charge in [0, 0.05) is 20.1 Å². The van der Waals surface area contributed by atoms with Crippen LogP contribution in [0.1, 0.15) is 29.4 Å². The fraction of sp³-hybridized carbons (Fsp3) is 0.545. The molecule has 0 radical (unpaired) electrons. The van der Waals surface area contributed by atoms with Crippen LogP contribution < -0.4 is 11.1 Å². The van der Waals surface area contributed by atoms with Crippen molar-refractivity contribution in [2.45, 2.75) is 25.9 Å². The normalized spacial score (nSPS) is 19.9. The van der Waals surface area contributed by atoms with Crippen LogP contribution in [-0.2, 0) is 4.74 Å². The summed E-state index contributed by atoms with van der Waals surface area (Å²) in [5.74, 6) is 0.0210. The van der Waals surface area contributed by atoms with Crippen molar-refractivity contribution in [3.8, 4) is 0 Å². The largest absolute Gasteiger partial charge is 0.397 e. The molecule has 0 aliphatic carbocycles. The maximum atomic E-state index is 11.2. The number of Topliss-reactive ketones (excluding diaryl/α,β-unsaturated/α-hetero) is 1. The third-order valence-corrected chi connectivity index (χ3v) is 3.82. The topological polar surface area (TPSA) is 64.3 Å². The van der Waals surface area contributed by atoms with Crippen LogP contribution in [0, 0.1) is 0 Å². The van der Waals surface area contributed by atoms with Crippen molar-refractivity contribution in [3.63, 3.8) is 0 Å². The highest BCUT2D eigenvalue weighted by Crippen LogP contribution is 2.29. The lowest BCUT2D eigenvalue weighted by Gasteiger charge is -2.09. The number of ketones is 1. The van der Waals surface area contributed by atoms with E-state index >= 15 is 0 Å². The zero-order valence-corrected chi connectivity index (χ0v) is 10.1. The number of ether oxygens (including phenoxy) is 1. The molecule has 0 amide bonds. The third kappa shape index (κ3) is 2.54. The Morgan fingerprint density at radius 2 is 2.56 bits per heavy atom. The van der Waals surface area contributed by atoms with Gasteiger partial charge in [0.15, 0.2) is 5.78 Å². The second-order valence-corrected chi connectivity index (χ2v) is 5.02. The van der Waals surface area contributed by atoms with Crippen molar-refractivity contribution in [3.05, 3.63) is 10.9 Å². The van der Waals surface area contributed by atoms with Crippen LogP contribution in [-0.4, -0.2) is 25.0 Å². The number of rotatable bonds is 4. The van der Waals surface area contributed by atoms with E-state index in [0.717, 1.165) is 31.0 Å². The quantitative estimate of drug-likeness (QED) is 0.791. The minimum atomic E-state index is 0.0210. The summed E-state index contributed by atoms with van der Waals surface area (Å²) >= 11 is 1.41. The number of hydrogen-bond acceptors (Lipinski definition) is 5. The molecule has 0 aromatic carbocycles. The Hall–Kier alpha value is -1.07. The van der Waals surface area contributed by atoms with Crippen LogP contribution in [0.3, 0.4) is 0 Å². The van der Waals surface area contributed by atoms with Gasteiger partial charge in [-0.1, -0.05) is 0 Å².